The normalized spacial score (nSPS) is 18.1. The summed E-state index contributed by atoms with van der Waals surface area (Å²) in [7, 11) is 1.90. The molecule has 82 valence electrons. The van der Waals surface area contributed by atoms with Crippen molar-refractivity contribution in [1.82, 2.24) is 5.32 Å². The Kier molecular flexibility index (Phi) is 3.34. The molecule has 1 aliphatic rings. The van der Waals surface area contributed by atoms with E-state index in [1.807, 2.05) is 19.4 Å². The Balaban J connectivity index is 2.19. The van der Waals surface area contributed by atoms with Crippen LogP contribution < -0.4 is 5.32 Å². The molecule has 1 aromatic heterocycles. The number of likely N-dealkylation sites (N-methyl/N-ethyl adjacent to an activating group) is 1. The van der Waals surface area contributed by atoms with Crippen molar-refractivity contribution in [3.63, 3.8) is 0 Å². The third-order valence-corrected chi connectivity index (χ3v) is 2.70. The maximum absolute atomic E-state index is 5.76. The maximum atomic E-state index is 5.76. The molecule has 1 aromatic rings. The quantitative estimate of drug-likeness (QED) is 0.862. The van der Waals surface area contributed by atoms with Crippen LogP contribution in [0.15, 0.2) is 28.4 Å². The number of nitrogens with one attached hydrogen (secondary N) is 1. The lowest BCUT2D eigenvalue weighted by Gasteiger charge is -2.20. The zero-order valence-corrected chi connectivity index (χ0v) is 9.38. The molecule has 1 atom stereocenters. The van der Waals surface area contributed by atoms with Crippen molar-refractivity contribution in [3.8, 4) is 0 Å². The standard InChI is InChI=1S/C11H14ClNO2/c1-13-11(8-3-2-6-14-7-8)9-4-5-10(12)15-9/h4-5,7,11,13H,2-3,6H2,1H3. The van der Waals surface area contributed by atoms with Gasteiger partial charge in [0.2, 0.25) is 0 Å². The summed E-state index contributed by atoms with van der Waals surface area (Å²) in [5.41, 5.74) is 1.20. The lowest BCUT2D eigenvalue weighted by Crippen LogP contribution is -2.20. The molecule has 4 heteroatoms. The largest absolute Gasteiger partial charge is 0.501 e. The predicted octanol–water partition coefficient (Wildman–Crippen LogP) is 2.89. The molecule has 2 heterocycles. The van der Waals surface area contributed by atoms with Crippen LogP contribution in [-0.4, -0.2) is 13.7 Å². The summed E-state index contributed by atoms with van der Waals surface area (Å²) >= 11 is 5.76. The first-order valence-electron chi connectivity index (χ1n) is 5.04. The lowest BCUT2D eigenvalue weighted by atomic mass is 10.0. The van der Waals surface area contributed by atoms with Crippen molar-refractivity contribution in [1.29, 1.82) is 0 Å². The van der Waals surface area contributed by atoms with Crippen molar-refractivity contribution in [2.45, 2.75) is 18.9 Å². The fraction of sp³-hybridized carbons (Fsp3) is 0.455. The zero-order valence-electron chi connectivity index (χ0n) is 8.63. The molecule has 0 spiro atoms. The molecule has 0 bridgehead atoms. The highest BCUT2D eigenvalue weighted by atomic mass is 35.5. The van der Waals surface area contributed by atoms with Gasteiger partial charge in [-0.25, -0.2) is 0 Å². The minimum Gasteiger partial charge on any atom is -0.501 e. The SMILES string of the molecule is CNC(C1=COCCC1)c1ccc(Cl)o1. The summed E-state index contributed by atoms with van der Waals surface area (Å²) in [5, 5.41) is 3.62. The average molecular weight is 228 g/mol. The lowest BCUT2D eigenvalue weighted by molar-refractivity contribution is 0.218. The summed E-state index contributed by atoms with van der Waals surface area (Å²) in [4.78, 5) is 0. The molecule has 0 fully saturated rings. The van der Waals surface area contributed by atoms with Gasteiger partial charge < -0.3 is 14.5 Å². The number of hydrogen-bond donors (Lipinski definition) is 1. The van der Waals surface area contributed by atoms with Gasteiger partial charge in [-0.2, -0.15) is 0 Å². The molecule has 1 unspecified atom stereocenters. The fourth-order valence-electron chi connectivity index (χ4n) is 1.79. The van der Waals surface area contributed by atoms with Crippen LogP contribution in [0.5, 0.6) is 0 Å². The second kappa shape index (κ2) is 4.73. The van der Waals surface area contributed by atoms with Gasteiger partial charge in [0, 0.05) is 0 Å². The number of ether oxygens (including phenoxy) is 1. The highest BCUT2D eigenvalue weighted by Crippen LogP contribution is 2.29. The van der Waals surface area contributed by atoms with Crippen LogP contribution in [0.1, 0.15) is 24.6 Å². The molecule has 0 aromatic carbocycles. The van der Waals surface area contributed by atoms with Crippen molar-refractivity contribution < 1.29 is 9.15 Å². The molecular weight excluding hydrogens is 214 g/mol. The molecule has 3 nitrogen and oxygen atoms in total. The van der Waals surface area contributed by atoms with Crippen LogP contribution in [0.3, 0.4) is 0 Å². The Morgan fingerprint density at radius 2 is 2.33 bits per heavy atom. The first kappa shape index (κ1) is 10.6. The van der Waals surface area contributed by atoms with E-state index < -0.39 is 0 Å². The zero-order chi connectivity index (χ0) is 10.7. The fourth-order valence-corrected chi connectivity index (χ4v) is 1.94. The van der Waals surface area contributed by atoms with Crippen molar-refractivity contribution >= 4 is 11.6 Å². The van der Waals surface area contributed by atoms with E-state index in [1.165, 1.54) is 5.57 Å². The number of rotatable bonds is 3. The molecule has 15 heavy (non-hydrogen) atoms. The van der Waals surface area contributed by atoms with Crippen LogP contribution in [0.2, 0.25) is 5.22 Å². The van der Waals surface area contributed by atoms with E-state index in [4.69, 9.17) is 20.8 Å². The van der Waals surface area contributed by atoms with E-state index in [-0.39, 0.29) is 6.04 Å². The second-order valence-electron chi connectivity index (χ2n) is 3.53. The Bertz CT molecular complexity index is 359. The third kappa shape index (κ3) is 2.36. The number of hydrogen-bond acceptors (Lipinski definition) is 3. The Hall–Kier alpha value is -0.930. The average Bonchev–Trinajstić information content (AvgIpc) is 2.68. The van der Waals surface area contributed by atoms with Gasteiger partial charge in [-0.15, -0.1) is 0 Å². The van der Waals surface area contributed by atoms with Crippen molar-refractivity contribution in [2.75, 3.05) is 13.7 Å². The van der Waals surface area contributed by atoms with E-state index in [1.54, 1.807) is 6.07 Å². The summed E-state index contributed by atoms with van der Waals surface area (Å²) in [6.07, 6.45) is 3.91. The summed E-state index contributed by atoms with van der Waals surface area (Å²) < 4.78 is 10.7. The van der Waals surface area contributed by atoms with Crippen LogP contribution in [0.4, 0.5) is 0 Å². The molecule has 2 rings (SSSR count). The van der Waals surface area contributed by atoms with Crippen LogP contribution in [-0.2, 0) is 4.74 Å². The van der Waals surface area contributed by atoms with Gasteiger partial charge in [0.15, 0.2) is 5.22 Å². The van der Waals surface area contributed by atoms with E-state index in [2.05, 4.69) is 5.32 Å². The van der Waals surface area contributed by atoms with Crippen molar-refractivity contribution in [3.05, 3.63) is 34.9 Å². The van der Waals surface area contributed by atoms with E-state index in [9.17, 15) is 0 Å². The van der Waals surface area contributed by atoms with Crippen LogP contribution in [0.25, 0.3) is 0 Å². The minimum atomic E-state index is 0.0674. The van der Waals surface area contributed by atoms with Crippen molar-refractivity contribution in [2.24, 2.45) is 0 Å². The van der Waals surface area contributed by atoms with Crippen LogP contribution >= 0.6 is 11.6 Å². The highest BCUT2D eigenvalue weighted by molar-refractivity contribution is 6.28. The van der Waals surface area contributed by atoms with E-state index in [0.29, 0.717) is 5.22 Å². The summed E-state index contributed by atoms with van der Waals surface area (Å²) in [6.45, 7) is 0.804. The Labute approximate surface area is 94.1 Å². The van der Waals surface area contributed by atoms with Gasteiger partial charge in [0.25, 0.3) is 0 Å². The molecule has 1 N–H and O–H groups in total. The highest BCUT2D eigenvalue weighted by Gasteiger charge is 2.20. The molecule has 0 amide bonds. The number of halogens is 1. The topological polar surface area (TPSA) is 34.4 Å². The molecule has 0 aliphatic carbocycles. The molecule has 1 aliphatic heterocycles. The smallest absolute Gasteiger partial charge is 0.193 e. The first-order chi connectivity index (χ1) is 7.31. The van der Waals surface area contributed by atoms with E-state index >= 15 is 0 Å². The molecular formula is C11H14ClNO2. The van der Waals surface area contributed by atoms with Gasteiger partial charge in [-0.1, -0.05) is 0 Å². The predicted molar refractivity (Wildman–Crippen MR) is 58.8 cm³/mol. The molecule has 0 saturated carbocycles. The Morgan fingerprint density at radius 3 is 2.87 bits per heavy atom. The van der Waals surface area contributed by atoms with Gasteiger partial charge in [0.05, 0.1) is 18.9 Å². The Morgan fingerprint density at radius 1 is 1.47 bits per heavy atom. The third-order valence-electron chi connectivity index (χ3n) is 2.50. The van der Waals surface area contributed by atoms with Crippen LogP contribution in [0, 0.1) is 0 Å². The van der Waals surface area contributed by atoms with E-state index in [0.717, 1.165) is 25.2 Å². The summed E-state index contributed by atoms with van der Waals surface area (Å²) in [6, 6.07) is 3.71. The van der Waals surface area contributed by atoms with Gasteiger partial charge in [0.1, 0.15) is 5.76 Å². The minimum absolute atomic E-state index is 0.0674. The number of furan rings is 1. The summed E-state index contributed by atoms with van der Waals surface area (Å²) in [5.74, 6) is 0.833. The first-order valence-corrected chi connectivity index (χ1v) is 5.42. The molecule has 0 saturated heterocycles. The molecule has 0 radical (unpaired) electrons. The second-order valence-corrected chi connectivity index (χ2v) is 3.90. The van der Waals surface area contributed by atoms with Gasteiger partial charge in [-0.3, -0.25) is 0 Å². The monoisotopic (exact) mass is 227 g/mol. The maximum Gasteiger partial charge on any atom is 0.193 e. The van der Waals surface area contributed by atoms with Gasteiger partial charge >= 0.3 is 0 Å². The van der Waals surface area contributed by atoms with Gasteiger partial charge in [-0.05, 0) is 49.2 Å².